The number of benzene rings is 11. The highest BCUT2D eigenvalue weighted by atomic mass is 16.3. The Bertz CT molecular complexity index is 4920. The van der Waals surface area contributed by atoms with Crippen molar-refractivity contribution in [3.8, 4) is 51.2 Å². The monoisotopic (exact) mass is 957 g/mol. The molecule has 348 valence electrons. The molecule has 16 aromatic rings. The van der Waals surface area contributed by atoms with Crippen LogP contribution in [0.1, 0.15) is 0 Å². The molecule has 7 nitrogen and oxygen atoms in total. The van der Waals surface area contributed by atoms with Crippen molar-refractivity contribution in [1.29, 1.82) is 0 Å². The Morgan fingerprint density at radius 2 is 0.880 bits per heavy atom. The van der Waals surface area contributed by atoms with E-state index in [4.69, 9.17) is 19.4 Å². The van der Waals surface area contributed by atoms with Crippen LogP contribution in [0.5, 0.6) is 0 Å². The van der Waals surface area contributed by atoms with Gasteiger partial charge in [0.05, 0.1) is 39.5 Å². The van der Waals surface area contributed by atoms with Gasteiger partial charge in [-0.2, -0.15) is 9.55 Å². The summed E-state index contributed by atoms with van der Waals surface area (Å²) in [7, 11) is 0. The molecule has 5 heterocycles. The van der Waals surface area contributed by atoms with Crippen molar-refractivity contribution >= 4 is 98.0 Å². The van der Waals surface area contributed by atoms with Crippen molar-refractivity contribution < 1.29 is 8.98 Å². The predicted molar refractivity (Wildman–Crippen MR) is 306 cm³/mol. The molecule has 0 unspecified atom stereocenters. The van der Waals surface area contributed by atoms with E-state index >= 15 is 0 Å². The molecule has 0 saturated carbocycles. The molecule has 7 heteroatoms. The zero-order valence-corrected chi connectivity index (χ0v) is 40.3. The lowest BCUT2D eigenvalue weighted by molar-refractivity contribution is -0.578. The van der Waals surface area contributed by atoms with Crippen LogP contribution in [0.25, 0.3) is 149 Å². The summed E-state index contributed by atoms with van der Waals surface area (Å²) in [6.45, 7) is 0. The van der Waals surface area contributed by atoms with E-state index in [0.717, 1.165) is 121 Å². The van der Waals surface area contributed by atoms with Crippen LogP contribution in [0.15, 0.2) is 253 Å². The van der Waals surface area contributed by atoms with Crippen LogP contribution in [0.2, 0.25) is 0 Å². The SMILES string of the molecule is c1ccc(-c2cccc(-c3nc(-c4cc(-n5c6cc7ccccc7cc6c6cc7ccccc7cc65)c5oc6cc7ccccc7cc6c5c4)nc(-[n+]4cccc5c6ccccc6n(-c6ccccc6)c54)n3)c2)cc1. The first-order valence-corrected chi connectivity index (χ1v) is 25.3. The minimum absolute atomic E-state index is 0.491. The molecule has 0 spiro atoms. The van der Waals surface area contributed by atoms with Crippen LogP contribution < -0.4 is 4.57 Å². The van der Waals surface area contributed by atoms with E-state index in [1.807, 2.05) is 6.07 Å². The lowest BCUT2D eigenvalue weighted by atomic mass is 10.0. The lowest BCUT2D eigenvalue weighted by Crippen LogP contribution is -2.36. The first-order valence-electron chi connectivity index (χ1n) is 25.3. The number of fused-ring (bicyclic) bond motifs is 12. The van der Waals surface area contributed by atoms with Crippen LogP contribution >= 0.6 is 0 Å². The molecular weight excluding hydrogens is 917 g/mol. The van der Waals surface area contributed by atoms with Gasteiger partial charge in [-0.3, -0.25) is 0 Å². The van der Waals surface area contributed by atoms with Crippen molar-refractivity contribution in [2.24, 2.45) is 0 Å². The molecule has 11 aromatic carbocycles. The van der Waals surface area contributed by atoms with Gasteiger partial charge in [-0.05, 0) is 128 Å². The van der Waals surface area contributed by atoms with Crippen molar-refractivity contribution in [3.63, 3.8) is 0 Å². The second-order valence-electron chi connectivity index (χ2n) is 19.5. The van der Waals surface area contributed by atoms with E-state index in [1.54, 1.807) is 0 Å². The van der Waals surface area contributed by atoms with Crippen LogP contribution in [0.3, 0.4) is 0 Å². The van der Waals surface area contributed by atoms with E-state index in [0.29, 0.717) is 17.6 Å². The van der Waals surface area contributed by atoms with Gasteiger partial charge in [0, 0.05) is 38.1 Å². The van der Waals surface area contributed by atoms with Gasteiger partial charge in [0.1, 0.15) is 5.58 Å². The molecule has 0 amide bonds. The minimum atomic E-state index is 0.491. The van der Waals surface area contributed by atoms with Gasteiger partial charge < -0.3 is 8.98 Å². The summed E-state index contributed by atoms with van der Waals surface area (Å²) in [6, 6.07) is 86.3. The van der Waals surface area contributed by atoms with Gasteiger partial charge in [0.15, 0.2) is 5.58 Å². The van der Waals surface area contributed by atoms with Gasteiger partial charge in [0.2, 0.25) is 17.3 Å². The topological polar surface area (TPSA) is 65.6 Å². The smallest absolute Gasteiger partial charge is 0.393 e. The molecular formula is C68H41N6O+. The van der Waals surface area contributed by atoms with Gasteiger partial charge in [0.25, 0.3) is 0 Å². The zero-order valence-electron chi connectivity index (χ0n) is 40.3. The van der Waals surface area contributed by atoms with Gasteiger partial charge in [-0.15, -0.1) is 0 Å². The molecule has 5 aromatic heterocycles. The van der Waals surface area contributed by atoms with Gasteiger partial charge in [-0.1, -0.05) is 168 Å². The summed E-state index contributed by atoms with van der Waals surface area (Å²) < 4.78 is 14.0. The number of para-hydroxylation sites is 2. The number of aromatic nitrogens is 6. The fraction of sp³-hybridized carbons (Fsp3) is 0. The number of hydrogen-bond donors (Lipinski definition) is 0. The molecule has 0 N–H and O–H groups in total. The highest BCUT2D eigenvalue weighted by Crippen LogP contribution is 2.43. The zero-order chi connectivity index (χ0) is 49.1. The Kier molecular flexibility index (Phi) is 8.90. The van der Waals surface area contributed by atoms with Crippen LogP contribution in [-0.4, -0.2) is 24.1 Å². The van der Waals surface area contributed by atoms with Crippen LogP contribution in [-0.2, 0) is 0 Å². The van der Waals surface area contributed by atoms with E-state index in [-0.39, 0.29) is 0 Å². The number of nitrogens with zero attached hydrogens (tertiary/aromatic N) is 6. The quantitative estimate of drug-likeness (QED) is 0.156. The van der Waals surface area contributed by atoms with Crippen molar-refractivity contribution in [2.45, 2.75) is 0 Å². The lowest BCUT2D eigenvalue weighted by Gasteiger charge is -2.12. The molecule has 0 aliphatic carbocycles. The molecule has 0 atom stereocenters. The maximum atomic E-state index is 7.17. The summed E-state index contributed by atoms with van der Waals surface area (Å²) in [6.07, 6.45) is 2.07. The summed E-state index contributed by atoms with van der Waals surface area (Å²) in [4.78, 5) is 16.5. The van der Waals surface area contributed by atoms with Gasteiger partial charge >= 0.3 is 5.95 Å². The highest BCUT2D eigenvalue weighted by molar-refractivity contribution is 6.19. The number of pyridine rings is 1. The normalized spacial score (nSPS) is 12.0. The molecule has 0 aliphatic heterocycles. The molecule has 0 fully saturated rings. The fourth-order valence-corrected chi connectivity index (χ4v) is 11.6. The van der Waals surface area contributed by atoms with E-state index in [9.17, 15) is 0 Å². The van der Waals surface area contributed by atoms with Crippen molar-refractivity contribution in [3.05, 3.63) is 249 Å². The first kappa shape index (κ1) is 41.4. The van der Waals surface area contributed by atoms with E-state index < -0.39 is 0 Å². The Labute approximate surface area is 429 Å². The third-order valence-corrected chi connectivity index (χ3v) is 15.1. The predicted octanol–water partition coefficient (Wildman–Crippen LogP) is 16.7. The molecule has 75 heavy (non-hydrogen) atoms. The fourth-order valence-electron chi connectivity index (χ4n) is 11.6. The Hall–Kier alpha value is -10.2. The molecule has 16 rings (SSSR count). The first-order chi connectivity index (χ1) is 37.1. The third-order valence-electron chi connectivity index (χ3n) is 15.1. The van der Waals surface area contributed by atoms with E-state index in [2.05, 4.69) is 256 Å². The van der Waals surface area contributed by atoms with Gasteiger partial charge in [-0.25, -0.2) is 4.57 Å². The molecule has 0 bridgehead atoms. The molecule has 0 radical (unpaired) electrons. The minimum Gasteiger partial charge on any atom is -0.454 e. The maximum Gasteiger partial charge on any atom is 0.393 e. The molecule has 0 saturated heterocycles. The Balaban J connectivity index is 1.03. The van der Waals surface area contributed by atoms with E-state index in [1.165, 1.54) is 10.8 Å². The van der Waals surface area contributed by atoms with Crippen molar-refractivity contribution in [1.82, 2.24) is 24.1 Å². The summed E-state index contributed by atoms with van der Waals surface area (Å²) in [5, 5.41) is 13.5. The van der Waals surface area contributed by atoms with Crippen LogP contribution in [0.4, 0.5) is 0 Å². The Morgan fingerprint density at radius 3 is 1.57 bits per heavy atom. The maximum absolute atomic E-state index is 7.17. The average molecular weight is 958 g/mol. The second kappa shape index (κ2) is 16.1. The summed E-state index contributed by atoms with van der Waals surface area (Å²) in [5.41, 5.74) is 11.6. The standard InChI is InChI=1S/C68H41N6O/c1-3-17-42(18-4-1)43-25-15-26-50(33-43)65-69-66(71-68(70-65)72-32-16-30-54-53-29-13-14-31-59(53)73(67(54)72)52-27-5-2-6-28-52)51-37-58-57-36-46-21-9-12-24-49(46)41-63(57)75-64(58)62(40-51)74-60-38-47-22-10-7-19-44(47)34-55(60)56-35-45-20-8-11-23-48(45)39-61(56)74/h1-41H/q+1. The highest BCUT2D eigenvalue weighted by Gasteiger charge is 2.27. The largest absolute Gasteiger partial charge is 0.454 e. The van der Waals surface area contributed by atoms with Crippen LogP contribution in [0, 0.1) is 0 Å². The van der Waals surface area contributed by atoms with Crippen molar-refractivity contribution in [2.75, 3.05) is 0 Å². The number of rotatable bonds is 6. The molecule has 0 aliphatic rings. The summed E-state index contributed by atoms with van der Waals surface area (Å²) in [5.74, 6) is 1.58. The number of furan rings is 1. The number of hydrogen-bond acceptors (Lipinski definition) is 4. The Morgan fingerprint density at radius 1 is 0.333 bits per heavy atom. The average Bonchev–Trinajstić information content (AvgIpc) is 4.12. The summed E-state index contributed by atoms with van der Waals surface area (Å²) >= 11 is 0. The third kappa shape index (κ3) is 6.48. The second-order valence-corrected chi connectivity index (χ2v) is 19.5.